The number of aliphatic hydroxyl groups is 2. The van der Waals surface area contributed by atoms with Crippen LogP contribution in [0.25, 0.3) is 11.2 Å². The van der Waals surface area contributed by atoms with Crippen molar-refractivity contribution in [2.75, 3.05) is 18.5 Å². The second-order valence-corrected chi connectivity index (χ2v) is 8.73. The number of nitrogens with two attached hydrogens (primary N) is 1. The van der Waals surface area contributed by atoms with E-state index in [1.54, 1.807) is 0 Å². The minimum absolute atomic E-state index is 0.0161. The molecule has 170 valence electrons. The van der Waals surface area contributed by atoms with Crippen LogP contribution in [0.2, 0.25) is 5.28 Å². The topological polar surface area (TPSA) is 158 Å². The first-order valence-electron chi connectivity index (χ1n) is 9.65. The summed E-state index contributed by atoms with van der Waals surface area (Å²) in [7, 11) is 0. The molecule has 4 atom stereocenters. The molecule has 0 spiro atoms. The van der Waals surface area contributed by atoms with Gasteiger partial charge in [-0.1, -0.05) is 12.1 Å². The second-order valence-electron chi connectivity index (χ2n) is 7.15. The molecule has 0 aliphatic carbocycles. The van der Waals surface area contributed by atoms with E-state index in [2.05, 4.69) is 53.7 Å². The Morgan fingerprint density at radius 2 is 2.16 bits per heavy atom. The summed E-state index contributed by atoms with van der Waals surface area (Å²) in [5.74, 6) is 0.436. The maximum Gasteiger partial charge on any atom is 0.404 e. The van der Waals surface area contributed by atoms with Gasteiger partial charge in [0.2, 0.25) is 5.28 Å². The normalized spacial score (nSPS) is 22.9. The summed E-state index contributed by atoms with van der Waals surface area (Å²) in [4.78, 5) is 23.6. The van der Waals surface area contributed by atoms with Crippen LogP contribution in [0.5, 0.6) is 0 Å². The summed E-state index contributed by atoms with van der Waals surface area (Å²) in [6, 6.07) is 8.17. The van der Waals surface area contributed by atoms with Crippen LogP contribution >= 0.6 is 34.2 Å². The molecular formula is C19H20ClIN6O5. The van der Waals surface area contributed by atoms with Crippen LogP contribution in [-0.4, -0.2) is 67.3 Å². The molecule has 1 fully saturated rings. The fraction of sp³-hybridized carbons (Fsp3) is 0.368. The molecule has 2 unspecified atom stereocenters. The third-order valence-corrected chi connectivity index (χ3v) is 5.83. The lowest BCUT2D eigenvalue weighted by Gasteiger charge is -2.16. The summed E-state index contributed by atoms with van der Waals surface area (Å²) in [6.07, 6.45) is -3.45. The van der Waals surface area contributed by atoms with Gasteiger partial charge >= 0.3 is 6.09 Å². The van der Waals surface area contributed by atoms with Gasteiger partial charge in [-0.2, -0.15) is 9.97 Å². The number of rotatable bonds is 7. The van der Waals surface area contributed by atoms with E-state index in [1.807, 2.05) is 18.2 Å². The molecule has 32 heavy (non-hydrogen) atoms. The molecular weight excluding hydrogens is 555 g/mol. The standard InChI is InChI=1S/C19H20ClIN6O5/c20-18-25-15(23-5-4-9-2-1-3-10(21)6-9)12-16(26-18)27(8-24-12)17-14(29)13(28)11(32-17)7-31-19(22)30/h1-3,6,8,11,13-14,17,28-29H,4-5,7H2,(H2,22,30)(H,23,25,26)/t11-,13?,14?,17-/m1/s1. The largest absolute Gasteiger partial charge is 0.447 e. The van der Waals surface area contributed by atoms with Gasteiger partial charge in [-0.3, -0.25) is 4.57 Å². The van der Waals surface area contributed by atoms with Gasteiger partial charge in [-0.15, -0.1) is 0 Å². The number of aromatic nitrogens is 4. The predicted molar refractivity (Wildman–Crippen MR) is 123 cm³/mol. The van der Waals surface area contributed by atoms with E-state index < -0.39 is 30.6 Å². The van der Waals surface area contributed by atoms with Gasteiger partial charge in [-0.25, -0.2) is 9.78 Å². The van der Waals surface area contributed by atoms with Gasteiger partial charge in [0.05, 0.1) is 6.33 Å². The van der Waals surface area contributed by atoms with E-state index in [0.29, 0.717) is 23.5 Å². The summed E-state index contributed by atoms with van der Waals surface area (Å²) in [6.45, 7) is 0.279. The lowest BCUT2D eigenvalue weighted by atomic mass is 10.1. The fourth-order valence-electron chi connectivity index (χ4n) is 3.48. The van der Waals surface area contributed by atoms with E-state index in [4.69, 9.17) is 22.1 Å². The predicted octanol–water partition coefficient (Wildman–Crippen LogP) is 1.45. The number of hydrogen-bond donors (Lipinski definition) is 4. The molecule has 1 saturated heterocycles. The molecule has 3 aromatic rings. The molecule has 1 amide bonds. The molecule has 1 aliphatic heterocycles. The number of anilines is 1. The first-order chi connectivity index (χ1) is 15.3. The number of benzene rings is 1. The van der Waals surface area contributed by atoms with Crippen molar-refractivity contribution in [3.05, 3.63) is 45.0 Å². The molecule has 0 saturated carbocycles. The van der Waals surface area contributed by atoms with Gasteiger partial charge in [0.1, 0.15) is 24.9 Å². The minimum atomic E-state index is -1.32. The van der Waals surface area contributed by atoms with E-state index in [0.717, 1.165) is 9.99 Å². The van der Waals surface area contributed by atoms with Crippen molar-refractivity contribution in [3.63, 3.8) is 0 Å². The van der Waals surface area contributed by atoms with Gasteiger partial charge in [0.15, 0.2) is 23.2 Å². The van der Waals surface area contributed by atoms with Crippen molar-refractivity contribution in [3.8, 4) is 0 Å². The SMILES string of the molecule is NC(=O)OC[C@H]1O[C@@H](n2cnc3c(NCCc4cccc(I)c4)nc(Cl)nc32)C(O)C1O. The Morgan fingerprint density at radius 3 is 2.91 bits per heavy atom. The quantitative estimate of drug-likeness (QED) is 0.242. The van der Waals surface area contributed by atoms with Crippen molar-refractivity contribution >= 4 is 57.3 Å². The number of nitrogens with one attached hydrogen (secondary N) is 1. The number of carbonyl (C=O) groups excluding carboxylic acids is 1. The zero-order valence-electron chi connectivity index (χ0n) is 16.6. The second kappa shape index (κ2) is 9.70. The molecule has 1 aliphatic rings. The van der Waals surface area contributed by atoms with Crippen LogP contribution in [0.1, 0.15) is 11.8 Å². The molecule has 2 aromatic heterocycles. The lowest BCUT2D eigenvalue weighted by molar-refractivity contribution is -0.0526. The van der Waals surface area contributed by atoms with E-state index in [1.165, 1.54) is 16.5 Å². The maximum atomic E-state index is 10.8. The Labute approximate surface area is 201 Å². The van der Waals surface area contributed by atoms with Crippen molar-refractivity contribution in [2.24, 2.45) is 5.73 Å². The summed E-state index contributed by atoms with van der Waals surface area (Å²) in [5.41, 5.74) is 6.87. The Morgan fingerprint density at radius 1 is 1.34 bits per heavy atom. The Balaban J connectivity index is 1.53. The van der Waals surface area contributed by atoms with Gasteiger partial charge in [0, 0.05) is 10.1 Å². The summed E-state index contributed by atoms with van der Waals surface area (Å²) < 4.78 is 13.0. The van der Waals surface area contributed by atoms with Crippen LogP contribution in [0.3, 0.4) is 0 Å². The molecule has 1 aromatic carbocycles. The number of carbonyl (C=O) groups is 1. The van der Waals surface area contributed by atoms with Gasteiger partial charge in [-0.05, 0) is 58.3 Å². The number of primary amides is 1. The fourth-order valence-corrected chi connectivity index (χ4v) is 4.25. The Hall–Kier alpha value is -2.26. The number of imidazole rings is 1. The summed E-state index contributed by atoms with van der Waals surface area (Å²) >= 11 is 8.39. The third-order valence-electron chi connectivity index (χ3n) is 4.99. The first-order valence-corrected chi connectivity index (χ1v) is 11.1. The smallest absolute Gasteiger partial charge is 0.404 e. The van der Waals surface area contributed by atoms with E-state index >= 15 is 0 Å². The van der Waals surface area contributed by atoms with Crippen molar-refractivity contribution < 1.29 is 24.5 Å². The van der Waals surface area contributed by atoms with Crippen molar-refractivity contribution in [1.29, 1.82) is 0 Å². The van der Waals surface area contributed by atoms with Gasteiger partial charge < -0.3 is 30.7 Å². The third kappa shape index (κ3) is 4.88. The number of ether oxygens (including phenoxy) is 2. The van der Waals surface area contributed by atoms with Crippen molar-refractivity contribution in [2.45, 2.75) is 31.0 Å². The van der Waals surface area contributed by atoms with Crippen LogP contribution in [0.15, 0.2) is 30.6 Å². The number of amides is 1. The average molecular weight is 575 g/mol. The first kappa shape index (κ1) is 22.9. The van der Waals surface area contributed by atoms with Crippen LogP contribution in [-0.2, 0) is 15.9 Å². The van der Waals surface area contributed by atoms with E-state index in [-0.39, 0.29) is 11.9 Å². The average Bonchev–Trinajstić information content (AvgIpc) is 3.28. The summed E-state index contributed by atoms with van der Waals surface area (Å²) in [5, 5.41) is 23.9. The molecule has 11 nitrogen and oxygen atoms in total. The number of halogens is 2. The number of aliphatic hydroxyl groups excluding tert-OH is 2. The zero-order valence-corrected chi connectivity index (χ0v) is 19.5. The molecule has 5 N–H and O–H groups in total. The maximum absolute atomic E-state index is 10.8. The molecule has 3 heterocycles. The molecule has 0 bridgehead atoms. The highest BCUT2D eigenvalue weighted by Crippen LogP contribution is 2.33. The molecule has 13 heteroatoms. The Bertz CT molecular complexity index is 1130. The lowest BCUT2D eigenvalue weighted by Crippen LogP contribution is -2.35. The highest BCUT2D eigenvalue weighted by molar-refractivity contribution is 14.1. The molecule has 4 rings (SSSR count). The van der Waals surface area contributed by atoms with E-state index in [9.17, 15) is 15.0 Å². The van der Waals surface area contributed by atoms with Crippen molar-refractivity contribution in [1.82, 2.24) is 19.5 Å². The number of hydrogen-bond acceptors (Lipinski definition) is 9. The minimum Gasteiger partial charge on any atom is -0.447 e. The number of nitrogens with zero attached hydrogens (tertiary/aromatic N) is 4. The monoisotopic (exact) mass is 574 g/mol. The number of fused-ring (bicyclic) bond motifs is 1. The highest BCUT2D eigenvalue weighted by atomic mass is 127. The van der Waals surface area contributed by atoms with Crippen LogP contribution in [0, 0.1) is 3.57 Å². The van der Waals surface area contributed by atoms with Crippen LogP contribution < -0.4 is 11.1 Å². The zero-order chi connectivity index (χ0) is 22.8. The molecule has 0 radical (unpaired) electrons. The van der Waals surface area contributed by atoms with Gasteiger partial charge in [0.25, 0.3) is 0 Å². The highest BCUT2D eigenvalue weighted by Gasteiger charge is 2.45. The Kier molecular flexibility index (Phi) is 6.95. The van der Waals surface area contributed by atoms with Crippen LogP contribution in [0.4, 0.5) is 10.6 Å².